The first-order chi connectivity index (χ1) is 16.5. The molecule has 5 nitrogen and oxygen atoms in total. The van der Waals surface area contributed by atoms with Crippen molar-refractivity contribution < 1.29 is 14.3 Å². The Labute approximate surface area is 213 Å². The first-order valence-electron chi connectivity index (χ1n) is 10.9. The number of rotatable bonds is 9. The average Bonchev–Trinajstić information content (AvgIpc) is 3.19. The van der Waals surface area contributed by atoms with Crippen LogP contribution in [0.3, 0.4) is 0 Å². The molecule has 0 aliphatic carbocycles. The second kappa shape index (κ2) is 11.2. The molecule has 34 heavy (non-hydrogen) atoms. The second-order valence-electron chi connectivity index (χ2n) is 7.56. The topological polar surface area (TPSA) is 53.3 Å². The highest BCUT2D eigenvalue weighted by Crippen LogP contribution is 2.33. The van der Waals surface area contributed by atoms with Crippen LogP contribution in [0.5, 0.6) is 5.75 Å². The third kappa shape index (κ3) is 5.52. The highest BCUT2D eigenvalue weighted by molar-refractivity contribution is 7.98. The van der Waals surface area contributed by atoms with E-state index in [2.05, 4.69) is 16.7 Å². The largest absolute Gasteiger partial charge is 0.497 e. The molecule has 0 N–H and O–H groups in total. The molecule has 4 aromatic rings. The fourth-order valence-electron chi connectivity index (χ4n) is 3.62. The van der Waals surface area contributed by atoms with E-state index in [1.165, 1.54) is 5.56 Å². The molecule has 176 valence electrons. The van der Waals surface area contributed by atoms with Crippen molar-refractivity contribution in [2.75, 3.05) is 13.7 Å². The van der Waals surface area contributed by atoms with Gasteiger partial charge in [-0.2, -0.15) is 0 Å². The number of hydrogen-bond donors (Lipinski definition) is 0. The Kier molecular flexibility index (Phi) is 8.03. The number of nitrogens with zero attached hydrogens (tertiary/aromatic N) is 2. The molecule has 1 aromatic heterocycles. The standard InChI is InChI=1S/C26H24Cl2N2O3S/c1-3-33-25(31)18-9-12-24-23(15-18)29-26(34-16-20-21(27)5-4-6-22(20)28)30(24)14-13-17-7-10-19(32-2)11-8-17/h4-12,15H,3,13-14,16H2,1-2H3. The van der Waals surface area contributed by atoms with Gasteiger partial charge in [0.05, 0.1) is 30.3 Å². The normalized spacial score (nSPS) is 11.1. The third-order valence-electron chi connectivity index (χ3n) is 5.41. The van der Waals surface area contributed by atoms with Crippen LogP contribution in [0.2, 0.25) is 10.0 Å². The lowest BCUT2D eigenvalue weighted by Crippen LogP contribution is -2.05. The Hall–Kier alpha value is -2.67. The summed E-state index contributed by atoms with van der Waals surface area (Å²) >= 11 is 14.3. The number of methoxy groups -OCH3 is 1. The Morgan fingerprint density at radius 1 is 1.06 bits per heavy atom. The van der Waals surface area contributed by atoms with Crippen LogP contribution in [0.15, 0.2) is 65.8 Å². The summed E-state index contributed by atoms with van der Waals surface area (Å²) in [5, 5.41) is 2.09. The number of fused-ring (bicyclic) bond motifs is 1. The lowest BCUT2D eigenvalue weighted by atomic mass is 10.1. The summed E-state index contributed by atoms with van der Waals surface area (Å²) in [5.41, 5.74) is 4.25. The van der Waals surface area contributed by atoms with E-state index in [-0.39, 0.29) is 5.97 Å². The number of benzene rings is 3. The molecular formula is C26H24Cl2N2O3S. The highest BCUT2D eigenvalue weighted by Gasteiger charge is 2.16. The maximum absolute atomic E-state index is 12.2. The molecule has 0 amide bonds. The van der Waals surface area contributed by atoms with Crippen molar-refractivity contribution in [2.24, 2.45) is 0 Å². The molecule has 4 rings (SSSR count). The van der Waals surface area contributed by atoms with Crippen LogP contribution in [0.4, 0.5) is 0 Å². The molecule has 0 saturated heterocycles. The van der Waals surface area contributed by atoms with Gasteiger partial charge in [-0.25, -0.2) is 9.78 Å². The lowest BCUT2D eigenvalue weighted by molar-refractivity contribution is 0.0526. The van der Waals surface area contributed by atoms with Crippen molar-refractivity contribution in [2.45, 2.75) is 30.8 Å². The minimum atomic E-state index is -0.353. The van der Waals surface area contributed by atoms with E-state index in [9.17, 15) is 4.79 Å². The van der Waals surface area contributed by atoms with Gasteiger partial charge in [-0.05, 0) is 66.9 Å². The molecule has 0 atom stereocenters. The van der Waals surface area contributed by atoms with Crippen molar-refractivity contribution in [1.82, 2.24) is 9.55 Å². The zero-order valence-corrected chi connectivity index (χ0v) is 21.2. The van der Waals surface area contributed by atoms with Crippen LogP contribution in [0.1, 0.15) is 28.4 Å². The number of hydrogen-bond acceptors (Lipinski definition) is 5. The van der Waals surface area contributed by atoms with Gasteiger partial charge in [0, 0.05) is 22.3 Å². The first kappa shape index (κ1) is 24.5. The van der Waals surface area contributed by atoms with Gasteiger partial charge >= 0.3 is 5.97 Å². The third-order valence-corrected chi connectivity index (χ3v) is 7.13. The Balaban J connectivity index is 1.65. The lowest BCUT2D eigenvalue weighted by Gasteiger charge is -2.11. The van der Waals surface area contributed by atoms with E-state index in [1.54, 1.807) is 37.9 Å². The Bertz CT molecular complexity index is 1290. The maximum atomic E-state index is 12.2. The molecule has 3 aromatic carbocycles. The molecule has 0 bridgehead atoms. The van der Waals surface area contributed by atoms with Gasteiger partial charge in [-0.3, -0.25) is 0 Å². The number of imidazole rings is 1. The van der Waals surface area contributed by atoms with E-state index in [4.69, 9.17) is 37.7 Å². The fourth-order valence-corrected chi connectivity index (χ4v) is 5.40. The molecule has 0 fully saturated rings. The summed E-state index contributed by atoms with van der Waals surface area (Å²) in [7, 11) is 1.66. The van der Waals surface area contributed by atoms with E-state index in [0.717, 1.165) is 40.5 Å². The molecule has 0 aliphatic heterocycles. The monoisotopic (exact) mass is 514 g/mol. The van der Waals surface area contributed by atoms with E-state index >= 15 is 0 Å². The summed E-state index contributed by atoms with van der Waals surface area (Å²) < 4.78 is 12.6. The van der Waals surface area contributed by atoms with Gasteiger partial charge in [0.25, 0.3) is 0 Å². The van der Waals surface area contributed by atoms with Crippen molar-refractivity contribution in [1.29, 1.82) is 0 Å². The molecule has 1 heterocycles. The van der Waals surface area contributed by atoms with Crippen LogP contribution < -0.4 is 4.74 Å². The Morgan fingerprint density at radius 3 is 2.47 bits per heavy atom. The van der Waals surface area contributed by atoms with Crippen LogP contribution >= 0.6 is 35.0 Å². The predicted molar refractivity (Wildman–Crippen MR) is 138 cm³/mol. The minimum Gasteiger partial charge on any atom is -0.497 e. The van der Waals surface area contributed by atoms with Gasteiger partial charge in [-0.1, -0.05) is 53.2 Å². The first-order valence-corrected chi connectivity index (χ1v) is 12.6. The van der Waals surface area contributed by atoms with Gasteiger partial charge in [0.1, 0.15) is 5.75 Å². The van der Waals surface area contributed by atoms with Gasteiger partial charge < -0.3 is 14.0 Å². The number of aromatic nitrogens is 2. The van der Waals surface area contributed by atoms with Crippen molar-refractivity contribution in [3.8, 4) is 5.75 Å². The van der Waals surface area contributed by atoms with Crippen LogP contribution in [0, 0.1) is 0 Å². The van der Waals surface area contributed by atoms with Crippen LogP contribution in [0.25, 0.3) is 11.0 Å². The van der Waals surface area contributed by atoms with Gasteiger partial charge in [0.15, 0.2) is 5.16 Å². The number of aryl methyl sites for hydroxylation is 2. The van der Waals surface area contributed by atoms with E-state index in [1.807, 2.05) is 36.4 Å². The number of esters is 1. The summed E-state index contributed by atoms with van der Waals surface area (Å²) in [6.07, 6.45) is 0.815. The predicted octanol–water partition coefficient (Wildman–Crippen LogP) is 7.06. The fraction of sp³-hybridized carbons (Fsp3) is 0.231. The average molecular weight is 515 g/mol. The van der Waals surface area contributed by atoms with Gasteiger partial charge in [-0.15, -0.1) is 0 Å². The number of ether oxygens (including phenoxy) is 2. The van der Waals surface area contributed by atoms with E-state index in [0.29, 0.717) is 28.0 Å². The molecule has 0 radical (unpaired) electrons. The number of thioether (sulfide) groups is 1. The zero-order chi connectivity index (χ0) is 24.1. The summed E-state index contributed by atoms with van der Waals surface area (Å²) in [4.78, 5) is 17.1. The minimum absolute atomic E-state index is 0.326. The smallest absolute Gasteiger partial charge is 0.338 e. The van der Waals surface area contributed by atoms with Crippen molar-refractivity contribution in [3.05, 3.63) is 87.4 Å². The molecule has 0 spiro atoms. The molecule has 0 saturated carbocycles. The molecular weight excluding hydrogens is 491 g/mol. The molecule has 0 unspecified atom stereocenters. The zero-order valence-electron chi connectivity index (χ0n) is 18.9. The molecule has 0 aliphatic rings. The maximum Gasteiger partial charge on any atom is 0.338 e. The Morgan fingerprint density at radius 2 is 1.79 bits per heavy atom. The summed E-state index contributed by atoms with van der Waals surface area (Å²) in [5.74, 6) is 1.06. The molecule has 8 heteroatoms. The van der Waals surface area contributed by atoms with Crippen LogP contribution in [-0.4, -0.2) is 29.2 Å². The van der Waals surface area contributed by atoms with Crippen molar-refractivity contribution >= 4 is 52.0 Å². The van der Waals surface area contributed by atoms with Gasteiger partial charge in [0.2, 0.25) is 0 Å². The second-order valence-corrected chi connectivity index (χ2v) is 9.31. The quantitative estimate of drug-likeness (QED) is 0.176. The van der Waals surface area contributed by atoms with E-state index < -0.39 is 0 Å². The SMILES string of the molecule is CCOC(=O)c1ccc2c(c1)nc(SCc1c(Cl)cccc1Cl)n2CCc1ccc(OC)cc1. The summed E-state index contributed by atoms with van der Waals surface area (Å²) in [6.45, 7) is 2.84. The number of carbonyl (C=O) groups is 1. The number of carbonyl (C=O) groups excluding carboxylic acids is 1. The van der Waals surface area contributed by atoms with Crippen LogP contribution in [-0.2, 0) is 23.5 Å². The summed E-state index contributed by atoms with van der Waals surface area (Å²) in [6, 6.07) is 19.0. The van der Waals surface area contributed by atoms with Crippen molar-refractivity contribution in [3.63, 3.8) is 0 Å². The number of halogens is 2. The highest BCUT2D eigenvalue weighted by atomic mass is 35.5.